The average Bonchev–Trinajstić information content (AvgIpc) is 3.88. The van der Waals surface area contributed by atoms with E-state index in [9.17, 15) is 22.8 Å². The topological polar surface area (TPSA) is 162 Å². The lowest BCUT2D eigenvalue weighted by molar-refractivity contribution is -0.132. The highest BCUT2D eigenvalue weighted by Gasteiger charge is 2.62. The third-order valence-corrected chi connectivity index (χ3v) is 10.0. The van der Waals surface area contributed by atoms with E-state index in [1.165, 1.54) is 12.0 Å². The van der Waals surface area contributed by atoms with Crippen LogP contribution in [0.15, 0.2) is 24.3 Å². The molecule has 5 rings (SSSR count). The second kappa shape index (κ2) is 11.6. The van der Waals surface area contributed by atoms with Crippen LogP contribution in [0.25, 0.3) is 10.8 Å². The van der Waals surface area contributed by atoms with E-state index in [1.807, 2.05) is 13.0 Å². The van der Waals surface area contributed by atoms with E-state index >= 15 is 0 Å². The van der Waals surface area contributed by atoms with E-state index < -0.39 is 56.5 Å². The molecule has 0 spiro atoms. The van der Waals surface area contributed by atoms with Gasteiger partial charge in [0.1, 0.15) is 29.0 Å². The first kappa shape index (κ1) is 31.6. The number of benzene rings is 1. The molecule has 0 unspecified atom stereocenters. The Morgan fingerprint density at radius 2 is 1.84 bits per heavy atom. The number of amides is 3. The Labute approximate surface area is 257 Å². The van der Waals surface area contributed by atoms with Crippen molar-refractivity contribution in [3.63, 3.8) is 0 Å². The largest absolute Gasteiger partial charge is 0.497 e. The fourth-order valence-corrected chi connectivity index (χ4v) is 6.97. The van der Waals surface area contributed by atoms with Crippen LogP contribution in [0.1, 0.15) is 59.8 Å². The van der Waals surface area contributed by atoms with Crippen LogP contribution in [0.4, 0.5) is 4.79 Å². The van der Waals surface area contributed by atoms with Gasteiger partial charge in [-0.15, -0.1) is 0 Å². The van der Waals surface area contributed by atoms with Crippen molar-refractivity contribution in [3.8, 4) is 17.5 Å². The fourth-order valence-electron chi connectivity index (χ4n) is 5.61. The third kappa shape index (κ3) is 6.49. The Hall–Kier alpha value is -3.81. The summed E-state index contributed by atoms with van der Waals surface area (Å²) in [7, 11) is -0.759. The summed E-state index contributed by atoms with van der Waals surface area (Å²) in [6, 6.07) is 6.09. The number of rotatable bonds is 10. The summed E-state index contributed by atoms with van der Waals surface area (Å²) in [5, 5.41) is 3.67. The maximum Gasteiger partial charge on any atom is 0.411 e. The predicted molar refractivity (Wildman–Crippen MR) is 160 cm³/mol. The minimum Gasteiger partial charge on any atom is -0.497 e. The molecule has 1 saturated heterocycles. The van der Waals surface area contributed by atoms with E-state index in [2.05, 4.69) is 15.0 Å². The molecule has 4 atom stereocenters. The summed E-state index contributed by atoms with van der Waals surface area (Å²) in [4.78, 5) is 46.2. The highest BCUT2D eigenvalue weighted by Crippen LogP contribution is 2.47. The van der Waals surface area contributed by atoms with Crippen LogP contribution in [0.5, 0.6) is 17.5 Å². The number of nitrogens with zero attached hydrogens (tertiary/aromatic N) is 2. The number of methoxy groups -OCH3 is 2. The number of aromatic nitrogens is 1. The molecule has 3 fully saturated rings. The predicted octanol–water partition coefficient (Wildman–Crippen LogP) is 2.90. The number of fused-ring (bicyclic) bond motifs is 1. The molecule has 1 aliphatic heterocycles. The van der Waals surface area contributed by atoms with Crippen LogP contribution in [0.2, 0.25) is 0 Å². The Morgan fingerprint density at radius 1 is 1.11 bits per heavy atom. The number of carbonyl (C=O) groups is 3. The fraction of sp³-hybridized carbons (Fsp3) is 0.600. The Balaban J connectivity index is 1.40. The summed E-state index contributed by atoms with van der Waals surface area (Å²) in [6.07, 6.45) is 0.554. The first-order valence-electron chi connectivity index (χ1n) is 14.8. The summed E-state index contributed by atoms with van der Waals surface area (Å²) in [5.74, 6) is -0.379. The van der Waals surface area contributed by atoms with Crippen LogP contribution in [-0.2, 0) is 24.3 Å². The van der Waals surface area contributed by atoms with Gasteiger partial charge in [-0.1, -0.05) is 13.3 Å². The van der Waals surface area contributed by atoms with Crippen LogP contribution in [0.3, 0.4) is 0 Å². The second-order valence-electron chi connectivity index (χ2n) is 12.6. The molecule has 44 heavy (non-hydrogen) atoms. The Morgan fingerprint density at radius 3 is 2.43 bits per heavy atom. The van der Waals surface area contributed by atoms with Gasteiger partial charge in [-0.3, -0.25) is 19.2 Å². The van der Waals surface area contributed by atoms with Crippen molar-refractivity contribution in [1.82, 2.24) is 19.9 Å². The van der Waals surface area contributed by atoms with Gasteiger partial charge in [0.2, 0.25) is 27.7 Å². The molecule has 2 aromatic rings. The lowest BCUT2D eigenvalue weighted by atomic mass is 10.1. The number of hydrogen-bond donors (Lipinski definition) is 2. The van der Waals surface area contributed by atoms with Gasteiger partial charge in [-0.05, 0) is 69.5 Å². The van der Waals surface area contributed by atoms with E-state index in [0.29, 0.717) is 42.7 Å². The van der Waals surface area contributed by atoms with Crippen molar-refractivity contribution in [2.45, 2.75) is 88.3 Å². The highest BCUT2D eigenvalue weighted by atomic mass is 32.2. The molecule has 2 aliphatic carbocycles. The molecule has 2 heterocycles. The van der Waals surface area contributed by atoms with Crippen LogP contribution >= 0.6 is 0 Å². The highest BCUT2D eigenvalue weighted by molar-refractivity contribution is 7.91. The molecule has 240 valence electrons. The Bertz CT molecular complexity index is 1560. The molecule has 2 saturated carbocycles. The van der Waals surface area contributed by atoms with Crippen LogP contribution < -0.4 is 24.2 Å². The molecule has 3 amide bonds. The molecule has 1 aromatic carbocycles. The maximum absolute atomic E-state index is 13.8. The molecule has 13 nitrogen and oxygen atoms in total. The number of likely N-dealkylation sites (tertiary alicyclic amines) is 1. The minimum absolute atomic E-state index is 0.00992. The monoisotopic (exact) mass is 632 g/mol. The van der Waals surface area contributed by atoms with E-state index in [1.54, 1.807) is 46.1 Å². The quantitative estimate of drug-likeness (QED) is 0.398. The minimum atomic E-state index is -3.81. The van der Waals surface area contributed by atoms with Crippen molar-refractivity contribution in [2.75, 3.05) is 20.8 Å². The average molecular weight is 633 g/mol. The SMILES string of the molecule is CC[C@@H]1C[C@]1(NC(=O)[C@@H]1C[C@@H](Oc2nc(OC)cc3cc(OC)ccc23)CN1C(=O)OC(C)(C)C)C(=O)NS(=O)(=O)C1CC1. The van der Waals surface area contributed by atoms with Gasteiger partial charge in [0.25, 0.3) is 5.91 Å². The summed E-state index contributed by atoms with van der Waals surface area (Å²) < 4.78 is 49.9. The summed E-state index contributed by atoms with van der Waals surface area (Å²) in [5.41, 5.74) is -2.21. The molecular formula is C30H40N4O9S. The van der Waals surface area contributed by atoms with Crippen molar-refractivity contribution < 1.29 is 41.7 Å². The van der Waals surface area contributed by atoms with Gasteiger partial charge in [-0.2, -0.15) is 4.98 Å². The molecule has 3 aliphatic rings. The Kier molecular flexibility index (Phi) is 8.33. The van der Waals surface area contributed by atoms with Crippen LogP contribution in [-0.4, -0.2) is 85.5 Å². The normalized spacial score (nSPS) is 24.9. The number of ether oxygens (including phenoxy) is 4. The van der Waals surface area contributed by atoms with Gasteiger partial charge >= 0.3 is 6.09 Å². The zero-order valence-corrected chi connectivity index (χ0v) is 26.7. The molecule has 1 aromatic heterocycles. The zero-order valence-electron chi connectivity index (χ0n) is 25.8. The molecule has 14 heteroatoms. The zero-order chi connectivity index (χ0) is 32.0. The summed E-state index contributed by atoms with van der Waals surface area (Å²) in [6.45, 7) is 7.05. The molecular weight excluding hydrogens is 592 g/mol. The van der Waals surface area contributed by atoms with Crippen molar-refractivity contribution >= 4 is 38.7 Å². The number of nitrogens with one attached hydrogen (secondary N) is 2. The molecule has 2 N–H and O–H groups in total. The van der Waals surface area contributed by atoms with Crippen LogP contribution in [0, 0.1) is 5.92 Å². The van der Waals surface area contributed by atoms with Crippen molar-refractivity contribution in [1.29, 1.82) is 0 Å². The van der Waals surface area contributed by atoms with Crippen molar-refractivity contribution in [2.24, 2.45) is 5.92 Å². The van der Waals surface area contributed by atoms with Gasteiger partial charge in [0.05, 0.1) is 26.0 Å². The molecule has 0 bridgehead atoms. The number of sulfonamides is 1. The second-order valence-corrected chi connectivity index (χ2v) is 14.6. The van der Waals surface area contributed by atoms with E-state index in [-0.39, 0.29) is 24.8 Å². The van der Waals surface area contributed by atoms with Gasteiger partial charge in [0, 0.05) is 17.9 Å². The van der Waals surface area contributed by atoms with Gasteiger partial charge < -0.3 is 24.3 Å². The van der Waals surface area contributed by atoms with E-state index in [4.69, 9.17) is 18.9 Å². The maximum atomic E-state index is 13.8. The first-order valence-corrected chi connectivity index (χ1v) is 16.3. The number of pyridine rings is 1. The van der Waals surface area contributed by atoms with E-state index in [0.717, 1.165) is 5.39 Å². The lowest BCUT2D eigenvalue weighted by Crippen LogP contribution is -2.57. The number of hydrogen-bond acceptors (Lipinski definition) is 10. The smallest absolute Gasteiger partial charge is 0.411 e. The first-order chi connectivity index (χ1) is 20.7. The van der Waals surface area contributed by atoms with Crippen molar-refractivity contribution in [3.05, 3.63) is 24.3 Å². The van der Waals surface area contributed by atoms with Gasteiger partial charge in [0.15, 0.2) is 0 Å². The molecule has 0 radical (unpaired) electrons. The standard InChI is InChI=1S/C30H40N4O9S/c1-7-18-15-30(18,27(36)33-44(38,39)21-9-10-21)32-25(35)23-14-20(16-34(23)28(37)43-29(2,3)4)42-26-22-11-8-19(40-5)12-17(22)13-24(31-26)41-6/h8,11-13,18,20-21,23H,7,9-10,14-16H2,1-6H3,(H,32,35)(H,33,36)/t18-,20-,23+,30-/m1/s1. The van der Waals surface area contributed by atoms with Gasteiger partial charge in [-0.25, -0.2) is 13.2 Å². The summed E-state index contributed by atoms with van der Waals surface area (Å²) >= 11 is 0. The third-order valence-electron chi connectivity index (χ3n) is 8.21. The lowest BCUT2D eigenvalue weighted by Gasteiger charge is -2.29. The number of carbonyl (C=O) groups excluding carboxylic acids is 3.